The second kappa shape index (κ2) is 6.30. The Morgan fingerprint density at radius 1 is 0.792 bits per heavy atom. The number of aliphatic hydroxyl groups excluding tert-OH is 1. The molecule has 0 aliphatic rings. The third-order valence-corrected chi connectivity index (χ3v) is 4.19. The minimum atomic E-state index is 0.169. The Balaban J connectivity index is 1.91. The molecule has 4 aromatic rings. The van der Waals surface area contributed by atoms with Crippen molar-refractivity contribution in [1.29, 1.82) is 0 Å². The van der Waals surface area contributed by atoms with E-state index >= 15 is 0 Å². The number of aliphatic hydroxyl groups is 1. The van der Waals surface area contributed by atoms with Gasteiger partial charge in [-0.15, -0.1) is 0 Å². The van der Waals surface area contributed by atoms with Gasteiger partial charge in [0.05, 0.1) is 11.0 Å². The van der Waals surface area contributed by atoms with Gasteiger partial charge in [-0.2, -0.15) is 0 Å². The highest BCUT2D eigenvalue weighted by Gasteiger charge is 2.13. The van der Waals surface area contributed by atoms with E-state index in [9.17, 15) is 0 Å². The normalized spacial score (nSPS) is 11.0. The van der Waals surface area contributed by atoms with Crippen LogP contribution in [0.15, 0.2) is 78.9 Å². The molecule has 3 nitrogen and oxygen atoms in total. The van der Waals surface area contributed by atoms with E-state index < -0.39 is 0 Å². The molecule has 3 aromatic carbocycles. The predicted molar refractivity (Wildman–Crippen MR) is 97.3 cm³/mol. The zero-order chi connectivity index (χ0) is 16.4. The van der Waals surface area contributed by atoms with E-state index in [4.69, 9.17) is 10.1 Å². The lowest BCUT2D eigenvalue weighted by atomic mass is 10.1. The summed E-state index contributed by atoms with van der Waals surface area (Å²) < 4.78 is 2.19. The molecule has 3 heteroatoms. The van der Waals surface area contributed by atoms with Crippen LogP contribution in [0, 0.1) is 0 Å². The van der Waals surface area contributed by atoms with Crippen LogP contribution in [0.5, 0.6) is 0 Å². The van der Waals surface area contributed by atoms with Gasteiger partial charge in [0.2, 0.25) is 0 Å². The van der Waals surface area contributed by atoms with Gasteiger partial charge < -0.3 is 5.11 Å². The molecule has 0 aliphatic carbocycles. The maximum atomic E-state index is 9.08. The van der Waals surface area contributed by atoms with Crippen molar-refractivity contribution in [2.75, 3.05) is 6.61 Å². The Bertz CT molecular complexity index is 956. The Morgan fingerprint density at radius 3 is 2.25 bits per heavy atom. The lowest BCUT2D eigenvalue weighted by Gasteiger charge is -2.10. The fourth-order valence-corrected chi connectivity index (χ4v) is 3.01. The molecule has 0 spiro atoms. The summed E-state index contributed by atoms with van der Waals surface area (Å²) in [5.41, 5.74) is 5.37. The first-order chi connectivity index (χ1) is 11.9. The summed E-state index contributed by atoms with van der Waals surface area (Å²) in [5, 5.41) is 9.08. The standard InChI is InChI=1S/C21H18N2O/c24-15-14-16-10-12-17(13-11-16)21-22-19-8-4-5-9-20(19)23(21)18-6-2-1-3-7-18/h1-13,24H,14-15H2. The van der Waals surface area contributed by atoms with Crippen LogP contribution in [0.4, 0.5) is 0 Å². The van der Waals surface area contributed by atoms with Crippen LogP contribution < -0.4 is 0 Å². The fraction of sp³-hybridized carbons (Fsp3) is 0.0952. The molecule has 0 unspecified atom stereocenters. The van der Waals surface area contributed by atoms with Gasteiger partial charge in [-0.3, -0.25) is 4.57 Å². The van der Waals surface area contributed by atoms with Gasteiger partial charge in [0, 0.05) is 17.9 Å². The molecule has 1 heterocycles. The number of hydrogen-bond acceptors (Lipinski definition) is 2. The molecule has 0 amide bonds. The number of rotatable bonds is 4. The number of fused-ring (bicyclic) bond motifs is 1. The van der Waals surface area contributed by atoms with Gasteiger partial charge in [0.1, 0.15) is 5.82 Å². The van der Waals surface area contributed by atoms with E-state index in [0.717, 1.165) is 33.7 Å². The summed E-state index contributed by atoms with van der Waals surface area (Å²) >= 11 is 0. The van der Waals surface area contributed by atoms with E-state index in [1.54, 1.807) is 0 Å². The van der Waals surface area contributed by atoms with Gasteiger partial charge >= 0.3 is 0 Å². The van der Waals surface area contributed by atoms with E-state index in [1.807, 2.05) is 36.4 Å². The Hall–Kier alpha value is -2.91. The van der Waals surface area contributed by atoms with Crippen molar-refractivity contribution in [3.63, 3.8) is 0 Å². The number of nitrogens with zero attached hydrogens (tertiary/aromatic N) is 2. The van der Waals surface area contributed by atoms with E-state index in [2.05, 4.69) is 47.0 Å². The minimum absolute atomic E-state index is 0.169. The molecule has 0 saturated carbocycles. The summed E-state index contributed by atoms with van der Waals surface area (Å²) in [7, 11) is 0. The summed E-state index contributed by atoms with van der Waals surface area (Å²) in [6.07, 6.45) is 0.676. The fourth-order valence-electron chi connectivity index (χ4n) is 3.01. The molecule has 0 aliphatic heterocycles. The van der Waals surface area contributed by atoms with Gasteiger partial charge in [-0.1, -0.05) is 54.6 Å². The molecular weight excluding hydrogens is 296 g/mol. The van der Waals surface area contributed by atoms with Crippen molar-refractivity contribution in [3.8, 4) is 17.1 Å². The van der Waals surface area contributed by atoms with Gasteiger partial charge in [0.15, 0.2) is 0 Å². The highest BCUT2D eigenvalue weighted by molar-refractivity contribution is 5.83. The van der Waals surface area contributed by atoms with Crippen molar-refractivity contribution in [2.24, 2.45) is 0 Å². The van der Waals surface area contributed by atoms with E-state index in [1.165, 1.54) is 0 Å². The number of benzene rings is 3. The van der Waals surface area contributed by atoms with E-state index in [0.29, 0.717) is 6.42 Å². The third kappa shape index (κ3) is 2.59. The smallest absolute Gasteiger partial charge is 0.145 e. The first-order valence-electron chi connectivity index (χ1n) is 8.10. The second-order valence-electron chi connectivity index (χ2n) is 5.77. The van der Waals surface area contributed by atoms with Crippen LogP contribution in [-0.2, 0) is 6.42 Å². The molecule has 0 atom stereocenters. The largest absolute Gasteiger partial charge is 0.396 e. The van der Waals surface area contributed by atoms with Gasteiger partial charge in [0.25, 0.3) is 0 Å². The zero-order valence-corrected chi connectivity index (χ0v) is 13.3. The topological polar surface area (TPSA) is 38.1 Å². The number of para-hydroxylation sites is 3. The van der Waals surface area contributed by atoms with E-state index in [-0.39, 0.29) is 6.61 Å². The second-order valence-corrected chi connectivity index (χ2v) is 5.77. The molecule has 1 aromatic heterocycles. The van der Waals surface area contributed by atoms with Gasteiger partial charge in [-0.05, 0) is 36.2 Å². The Kier molecular flexibility index (Phi) is 3.85. The molecule has 4 rings (SSSR count). The minimum Gasteiger partial charge on any atom is -0.396 e. The summed E-state index contributed by atoms with van der Waals surface area (Å²) in [4.78, 5) is 4.85. The average molecular weight is 314 g/mol. The SMILES string of the molecule is OCCc1ccc(-c2nc3ccccc3n2-c2ccccc2)cc1. The molecule has 0 saturated heterocycles. The molecule has 0 bridgehead atoms. The molecule has 0 fully saturated rings. The van der Waals surface area contributed by atoms with Crippen molar-refractivity contribution < 1.29 is 5.11 Å². The molecular formula is C21H18N2O. The zero-order valence-electron chi connectivity index (χ0n) is 13.3. The highest BCUT2D eigenvalue weighted by atomic mass is 16.2. The molecule has 0 radical (unpaired) electrons. The Labute approximate surface area is 140 Å². The quantitative estimate of drug-likeness (QED) is 0.612. The lowest BCUT2D eigenvalue weighted by Crippen LogP contribution is -1.97. The van der Waals surface area contributed by atoms with Crippen molar-refractivity contribution in [2.45, 2.75) is 6.42 Å². The Morgan fingerprint density at radius 2 is 1.50 bits per heavy atom. The molecule has 1 N–H and O–H groups in total. The third-order valence-electron chi connectivity index (χ3n) is 4.19. The number of hydrogen-bond donors (Lipinski definition) is 1. The summed E-state index contributed by atoms with van der Waals surface area (Å²) in [6, 6.07) is 26.7. The van der Waals surface area contributed by atoms with Gasteiger partial charge in [-0.25, -0.2) is 4.98 Å². The summed E-state index contributed by atoms with van der Waals surface area (Å²) in [6.45, 7) is 0.169. The monoisotopic (exact) mass is 314 g/mol. The first-order valence-corrected chi connectivity index (χ1v) is 8.10. The number of imidazole rings is 1. The average Bonchev–Trinajstić information content (AvgIpc) is 3.03. The van der Waals surface area contributed by atoms with Crippen LogP contribution in [0.1, 0.15) is 5.56 Å². The highest BCUT2D eigenvalue weighted by Crippen LogP contribution is 2.28. The van der Waals surface area contributed by atoms with Crippen LogP contribution in [-0.4, -0.2) is 21.3 Å². The van der Waals surface area contributed by atoms with Crippen LogP contribution in [0.2, 0.25) is 0 Å². The molecule has 118 valence electrons. The predicted octanol–water partition coefficient (Wildman–Crippen LogP) is 4.23. The maximum Gasteiger partial charge on any atom is 0.145 e. The lowest BCUT2D eigenvalue weighted by molar-refractivity contribution is 0.299. The van der Waals surface area contributed by atoms with Crippen LogP contribution >= 0.6 is 0 Å². The first kappa shape index (κ1) is 14.7. The van der Waals surface area contributed by atoms with Crippen LogP contribution in [0.25, 0.3) is 28.1 Å². The number of aromatic nitrogens is 2. The van der Waals surface area contributed by atoms with Crippen molar-refractivity contribution in [3.05, 3.63) is 84.4 Å². The van der Waals surface area contributed by atoms with Crippen molar-refractivity contribution in [1.82, 2.24) is 9.55 Å². The van der Waals surface area contributed by atoms with Crippen LogP contribution in [0.3, 0.4) is 0 Å². The maximum absolute atomic E-state index is 9.08. The summed E-state index contributed by atoms with van der Waals surface area (Å²) in [5.74, 6) is 0.929. The molecule has 24 heavy (non-hydrogen) atoms. The van der Waals surface area contributed by atoms with Crippen molar-refractivity contribution >= 4 is 11.0 Å².